The van der Waals surface area contributed by atoms with E-state index in [9.17, 15) is 0 Å². The monoisotopic (exact) mass is 211 g/mol. The lowest BCUT2D eigenvalue weighted by Gasteiger charge is -2.25. The smallest absolute Gasteiger partial charge is 0.00954 e. The number of hydrogen-bond donors (Lipinski definition) is 1. The van der Waals surface area contributed by atoms with Gasteiger partial charge in [-0.05, 0) is 44.1 Å². The fourth-order valence-electron chi connectivity index (χ4n) is 2.87. The average Bonchev–Trinajstić information content (AvgIpc) is 2.65. The minimum atomic E-state index is 0.815. The average molecular weight is 211 g/mol. The topological polar surface area (TPSA) is 12.0 Å². The molecule has 0 aliphatic heterocycles. The van der Waals surface area contributed by atoms with E-state index in [1.54, 1.807) is 0 Å². The van der Waals surface area contributed by atoms with Gasteiger partial charge >= 0.3 is 0 Å². The molecule has 1 fully saturated rings. The molecule has 1 rings (SSSR count). The molecule has 0 heterocycles. The summed E-state index contributed by atoms with van der Waals surface area (Å²) in [7, 11) is 0. The fraction of sp³-hybridized carbons (Fsp3) is 1.00. The van der Waals surface area contributed by atoms with Crippen LogP contribution >= 0.6 is 0 Å². The molecule has 0 aromatic heterocycles. The van der Waals surface area contributed by atoms with Crippen LogP contribution in [0.4, 0.5) is 0 Å². The molecule has 1 nitrogen and oxygen atoms in total. The summed E-state index contributed by atoms with van der Waals surface area (Å²) in [5.41, 5.74) is 0. The maximum Gasteiger partial charge on any atom is 0.00954 e. The highest BCUT2D eigenvalue weighted by Gasteiger charge is 2.27. The molecule has 90 valence electrons. The van der Waals surface area contributed by atoms with Crippen LogP contribution in [0.5, 0.6) is 0 Å². The SMILES string of the molecule is CCCCC(NCCC)C1CCC(C)C1. The van der Waals surface area contributed by atoms with Crippen LogP contribution < -0.4 is 5.32 Å². The van der Waals surface area contributed by atoms with Gasteiger partial charge in [-0.25, -0.2) is 0 Å². The molecule has 1 aliphatic carbocycles. The van der Waals surface area contributed by atoms with Crippen molar-refractivity contribution in [2.75, 3.05) is 6.54 Å². The normalized spacial score (nSPS) is 28.2. The molecule has 1 saturated carbocycles. The van der Waals surface area contributed by atoms with E-state index in [2.05, 4.69) is 26.1 Å². The van der Waals surface area contributed by atoms with Gasteiger partial charge in [-0.2, -0.15) is 0 Å². The second kappa shape index (κ2) is 7.27. The molecule has 3 unspecified atom stereocenters. The van der Waals surface area contributed by atoms with E-state index in [-0.39, 0.29) is 0 Å². The molecule has 15 heavy (non-hydrogen) atoms. The lowest BCUT2D eigenvalue weighted by molar-refractivity contribution is 0.327. The number of nitrogens with one attached hydrogen (secondary N) is 1. The Morgan fingerprint density at radius 2 is 2.00 bits per heavy atom. The molecule has 3 atom stereocenters. The Labute approximate surface area is 96.0 Å². The van der Waals surface area contributed by atoms with Crippen molar-refractivity contribution in [3.8, 4) is 0 Å². The highest BCUT2D eigenvalue weighted by molar-refractivity contribution is 4.83. The van der Waals surface area contributed by atoms with Crippen molar-refractivity contribution in [3.63, 3.8) is 0 Å². The first-order valence-corrected chi connectivity index (χ1v) is 7.01. The highest BCUT2D eigenvalue weighted by atomic mass is 14.9. The molecule has 1 N–H and O–H groups in total. The van der Waals surface area contributed by atoms with Crippen LogP contribution in [-0.2, 0) is 0 Å². The van der Waals surface area contributed by atoms with Crippen molar-refractivity contribution in [2.24, 2.45) is 11.8 Å². The maximum atomic E-state index is 3.77. The summed E-state index contributed by atoms with van der Waals surface area (Å²) in [6.45, 7) is 8.19. The van der Waals surface area contributed by atoms with Crippen molar-refractivity contribution >= 4 is 0 Å². The van der Waals surface area contributed by atoms with Gasteiger partial charge < -0.3 is 5.32 Å². The van der Waals surface area contributed by atoms with Gasteiger partial charge in [0.1, 0.15) is 0 Å². The zero-order valence-electron chi connectivity index (χ0n) is 10.9. The standard InChI is InChI=1S/C14H29N/c1-4-6-7-14(15-10-5-2)13-9-8-12(3)11-13/h12-15H,4-11H2,1-3H3. The van der Waals surface area contributed by atoms with Crippen LogP contribution in [-0.4, -0.2) is 12.6 Å². The summed E-state index contributed by atoms with van der Waals surface area (Å²) in [6, 6.07) is 0.815. The molecule has 1 heteroatoms. The van der Waals surface area contributed by atoms with Crippen LogP contribution in [0.15, 0.2) is 0 Å². The van der Waals surface area contributed by atoms with Gasteiger partial charge in [-0.1, -0.05) is 40.0 Å². The zero-order chi connectivity index (χ0) is 11.1. The molecule has 0 radical (unpaired) electrons. The van der Waals surface area contributed by atoms with E-state index in [1.807, 2.05) is 0 Å². The predicted octanol–water partition coefficient (Wildman–Crippen LogP) is 3.98. The van der Waals surface area contributed by atoms with Crippen LogP contribution in [0.1, 0.15) is 65.7 Å². The third-order valence-electron chi connectivity index (χ3n) is 3.83. The summed E-state index contributed by atoms with van der Waals surface area (Å²) in [5, 5.41) is 3.77. The third-order valence-corrected chi connectivity index (χ3v) is 3.83. The van der Waals surface area contributed by atoms with Crippen molar-refractivity contribution in [1.29, 1.82) is 0 Å². The van der Waals surface area contributed by atoms with E-state index < -0.39 is 0 Å². The van der Waals surface area contributed by atoms with Gasteiger partial charge in [-0.15, -0.1) is 0 Å². The van der Waals surface area contributed by atoms with Crippen molar-refractivity contribution in [2.45, 2.75) is 71.8 Å². The summed E-state index contributed by atoms with van der Waals surface area (Å²) >= 11 is 0. The lowest BCUT2D eigenvalue weighted by atomic mass is 9.92. The third kappa shape index (κ3) is 4.55. The molecular weight excluding hydrogens is 182 g/mol. The van der Waals surface area contributed by atoms with E-state index in [0.29, 0.717) is 0 Å². The Hall–Kier alpha value is -0.0400. The maximum absolute atomic E-state index is 3.77. The molecule has 0 bridgehead atoms. The molecule has 0 amide bonds. The Kier molecular flexibility index (Phi) is 6.31. The molecule has 1 aliphatic rings. The van der Waals surface area contributed by atoms with Crippen LogP contribution in [0.3, 0.4) is 0 Å². The fourth-order valence-corrected chi connectivity index (χ4v) is 2.87. The Morgan fingerprint density at radius 1 is 1.20 bits per heavy atom. The summed E-state index contributed by atoms with van der Waals surface area (Å²) in [4.78, 5) is 0. The van der Waals surface area contributed by atoms with Crippen LogP contribution in [0.2, 0.25) is 0 Å². The van der Waals surface area contributed by atoms with Gasteiger partial charge in [0, 0.05) is 6.04 Å². The quantitative estimate of drug-likeness (QED) is 0.671. The molecular formula is C14H29N. The number of hydrogen-bond acceptors (Lipinski definition) is 1. The van der Waals surface area contributed by atoms with Gasteiger partial charge in [0.25, 0.3) is 0 Å². The van der Waals surface area contributed by atoms with Crippen molar-refractivity contribution in [1.82, 2.24) is 5.32 Å². The summed E-state index contributed by atoms with van der Waals surface area (Å²) in [6.07, 6.45) is 9.79. The van der Waals surface area contributed by atoms with Gasteiger partial charge in [-0.3, -0.25) is 0 Å². The molecule has 0 aromatic carbocycles. The van der Waals surface area contributed by atoms with E-state index in [0.717, 1.165) is 17.9 Å². The predicted molar refractivity (Wildman–Crippen MR) is 68.1 cm³/mol. The Bertz CT molecular complexity index is 147. The van der Waals surface area contributed by atoms with Crippen LogP contribution in [0, 0.1) is 11.8 Å². The Morgan fingerprint density at radius 3 is 2.53 bits per heavy atom. The van der Waals surface area contributed by atoms with Gasteiger partial charge in [0.15, 0.2) is 0 Å². The second-order valence-corrected chi connectivity index (χ2v) is 5.38. The van der Waals surface area contributed by atoms with Crippen LogP contribution in [0.25, 0.3) is 0 Å². The van der Waals surface area contributed by atoms with Gasteiger partial charge in [0.2, 0.25) is 0 Å². The van der Waals surface area contributed by atoms with E-state index in [1.165, 1.54) is 51.5 Å². The molecule has 0 spiro atoms. The summed E-state index contributed by atoms with van der Waals surface area (Å²) in [5.74, 6) is 1.95. The molecule has 0 saturated heterocycles. The first kappa shape index (κ1) is 13.0. The van der Waals surface area contributed by atoms with Gasteiger partial charge in [0.05, 0.1) is 0 Å². The minimum absolute atomic E-state index is 0.815. The van der Waals surface area contributed by atoms with E-state index in [4.69, 9.17) is 0 Å². The number of unbranched alkanes of at least 4 members (excludes halogenated alkanes) is 1. The minimum Gasteiger partial charge on any atom is -0.314 e. The largest absolute Gasteiger partial charge is 0.314 e. The first-order valence-electron chi connectivity index (χ1n) is 7.01. The first-order chi connectivity index (χ1) is 7.27. The molecule has 0 aromatic rings. The summed E-state index contributed by atoms with van der Waals surface area (Å²) < 4.78 is 0. The van der Waals surface area contributed by atoms with E-state index >= 15 is 0 Å². The zero-order valence-corrected chi connectivity index (χ0v) is 10.9. The highest BCUT2D eigenvalue weighted by Crippen LogP contribution is 2.34. The number of rotatable bonds is 7. The van der Waals surface area contributed by atoms with Crippen molar-refractivity contribution < 1.29 is 0 Å². The Balaban J connectivity index is 2.32. The van der Waals surface area contributed by atoms with Crippen molar-refractivity contribution in [3.05, 3.63) is 0 Å². The lowest BCUT2D eigenvalue weighted by Crippen LogP contribution is -2.35. The second-order valence-electron chi connectivity index (χ2n) is 5.38.